The van der Waals surface area contributed by atoms with E-state index >= 15 is 0 Å². The molecular weight excluding hydrogens is 452 g/mol. The maximum atomic E-state index is 13.9. The number of benzene rings is 3. The Labute approximate surface area is 212 Å². The molecule has 1 heterocycles. The highest BCUT2D eigenvalue weighted by Crippen LogP contribution is 2.46. The second-order valence-electron chi connectivity index (χ2n) is 9.17. The van der Waals surface area contributed by atoms with Crippen molar-refractivity contribution in [1.29, 1.82) is 0 Å². The van der Waals surface area contributed by atoms with Gasteiger partial charge in [-0.15, -0.1) is 0 Å². The number of allylic oxidation sites excluding steroid dienone is 1. The third-order valence-corrected chi connectivity index (χ3v) is 6.88. The molecule has 0 saturated carbocycles. The molecule has 0 amide bonds. The summed E-state index contributed by atoms with van der Waals surface area (Å²) in [7, 11) is 3.26. The molecule has 0 fully saturated rings. The van der Waals surface area contributed by atoms with Gasteiger partial charge in [-0.1, -0.05) is 43.3 Å². The number of ketones is 1. The average Bonchev–Trinajstić information content (AvgIpc) is 3.08. The predicted molar refractivity (Wildman–Crippen MR) is 142 cm³/mol. The Morgan fingerprint density at radius 1 is 0.861 bits per heavy atom. The lowest BCUT2D eigenvalue weighted by Gasteiger charge is -2.30. The van der Waals surface area contributed by atoms with Gasteiger partial charge in [-0.3, -0.25) is 4.79 Å². The molecule has 1 aliphatic heterocycles. The van der Waals surface area contributed by atoms with Crippen molar-refractivity contribution in [2.24, 2.45) is 0 Å². The minimum atomic E-state index is -0.317. The van der Waals surface area contributed by atoms with Crippen molar-refractivity contribution in [3.8, 4) is 17.2 Å². The fraction of sp³-hybridized carbons (Fsp3) is 0.300. The molecule has 0 spiro atoms. The average molecular weight is 485 g/mol. The summed E-state index contributed by atoms with van der Waals surface area (Å²) in [4.78, 5) is 13.9. The minimum absolute atomic E-state index is 0.0288. The normalized spacial score (nSPS) is 18.8. The number of methoxy groups -OCH3 is 2. The molecule has 6 heteroatoms. The van der Waals surface area contributed by atoms with E-state index in [0.29, 0.717) is 30.9 Å². The van der Waals surface area contributed by atoms with Crippen molar-refractivity contribution in [1.82, 2.24) is 0 Å². The lowest BCUT2D eigenvalue weighted by atomic mass is 9.78. The largest absolute Gasteiger partial charge is 0.493 e. The van der Waals surface area contributed by atoms with E-state index in [-0.39, 0.29) is 17.7 Å². The molecule has 1 aliphatic carbocycles. The fourth-order valence-corrected chi connectivity index (χ4v) is 5.13. The van der Waals surface area contributed by atoms with Crippen LogP contribution in [0.4, 0.5) is 11.4 Å². The second kappa shape index (κ2) is 10.4. The standard InChI is InChI=1S/C30H32N2O4/c1-4-15-36-26-12-8-5-9-21(26)30-29-24(31-22-10-6-7-11-23(22)32-30)16-20(17-25(29)33)19-13-14-27(34-2)28(18-19)35-3/h5-14,18,20,30-32H,4,15-17H2,1-3H3. The zero-order valence-corrected chi connectivity index (χ0v) is 21.0. The summed E-state index contributed by atoms with van der Waals surface area (Å²) >= 11 is 0. The molecule has 186 valence electrons. The summed E-state index contributed by atoms with van der Waals surface area (Å²) in [6.45, 7) is 2.71. The number of anilines is 2. The van der Waals surface area contributed by atoms with Crippen LogP contribution in [0.2, 0.25) is 0 Å². The van der Waals surface area contributed by atoms with Crippen LogP contribution in [0.3, 0.4) is 0 Å². The molecule has 0 bridgehead atoms. The maximum absolute atomic E-state index is 13.9. The number of carbonyl (C=O) groups is 1. The summed E-state index contributed by atoms with van der Waals surface area (Å²) < 4.78 is 17.0. The highest BCUT2D eigenvalue weighted by atomic mass is 16.5. The molecule has 0 aromatic heterocycles. The van der Waals surface area contributed by atoms with Crippen molar-refractivity contribution in [3.63, 3.8) is 0 Å². The van der Waals surface area contributed by atoms with Crippen LogP contribution < -0.4 is 24.8 Å². The lowest BCUT2D eigenvalue weighted by Crippen LogP contribution is -2.27. The smallest absolute Gasteiger partial charge is 0.163 e. The zero-order valence-electron chi connectivity index (χ0n) is 21.0. The zero-order chi connectivity index (χ0) is 25.1. The van der Waals surface area contributed by atoms with Gasteiger partial charge in [0.25, 0.3) is 0 Å². The number of para-hydroxylation sites is 3. The molecule has 2 atom stereocenters. The summed E-state index contributed by atoms with van der Waals surface area (Å²) in [6.07, 6.45) is 2.04. The Morgan fingerprint density at radius 3 is 2.39 bits per heavy atom. The van der Waals surface area contributed by atoms with Gasteiger partial charge < -0.3 is 24.8 Å². The van der Waals surface area contributed by atoms with Crippen LogP contribution in [-0.2, 0) is 4.79 Å². The number of ether oxygens (including phenoxy) is 3. The molecule has 2 aliphatic rings. The minimum Gasteiger partial charge on any atom is -0.493 e. The van der Waals surface area contributed by atoms with E-state index in [2.05, 4.69) is 23.6 Å². The first kappa shape index (κ1) is 23.8. The molecule has 3 aromatic rings. The molecular formula is C30H32N2O4. The highest BCUT2D eigenvalue weighted by Gasteiger charge is 2.37. The fourth-order valence-electron chi connectivity index (χ4n) is 5.13. The van der Waals surface area contributed by atoms with E-state index in [9.17, 15) is 4.79 Å². The summed E-state index contributed by atoms with van der Waals surface area (Å²) in [6, 6.07) is 21.7. The number of nitrogens with one attached hydrogen (secondary N) is 2. The van der Waals surface area contributed by atoms with Gasteiger partial charge in [0.15, 0.2) is 17.3 Å². The third-order valence-electron chi connectivity index (χ3n) is 6.88. The Morgan fingerprint density at radius 2 is 1.61 bits per heavy atom. The van der Waals surface area contributed by atoms with Crippen molar-refractivity contribution in [3.05, 3.63) is 89.1 Å². The molecule has 2 unspecified atom stereocenters. The topological polar surface area (TPSA) is 68.8 Å². The van der Waals surface area contributed by atoms with Gasteiger partial charge in [0.05, 0.1) is 38.2 Å². The quantitative estimate of drug-likeness (QED) is 0.400. The van der Waals surface area contributed by atoms with Gasteiger partial charge in [0.2, 0.25) is 0 Å². The van der Waals surface area contributed by atoms with Crippen molar-refractivity contribution in [2.45, 2.75) is 38.1 Å². The number of hydrogen-bond donors (Lipinski definition) is 2. The molecule has 5 rings (SSSR count). The van der Waals surface area contributed by atoms with E-state index in [4.69, 9.17) is 14.2 Å². The van der Waals surface area contributed by atoms with Crippen LogP contribution in [0, 0.1) is 0 Å². The van der Waals surface area contributed by atoms with Crippen LogP contribution in [0.1, 0.15) is 49.3 Å². The van der Waals surface area contributed by atoms with Crippen LogP contribution in [-0.4, -0.2) is 26.6 Å². The van der Waals surface area contributed by atoms with Crippen LogP contribution in [0.5, 0.6) is 17.2 Å². The number of hydrogen-bond acceptors (Lipinski definition) is 6. The van der Waals surface area contributed by atoms with Crippen LogP contribution in [0.25, 0.3) is 0 Å². The molecule has 2 N–H and O–H groups in total. The van der Waals surface area contributed by atoms with Gasteiger partial charge in [0, 0.05) is 23.3 Å². The molecule has 0 radical (unpaired) electrons. The highest BCUT2D eigenvalue weighted by molar-refractivity contribution is 6.01. The van der Waals surface area contributed by atoms with E-state index < -0.39 is 0 Å². The van der Waals surface area contributed by atoms with E-state index in [1.807, 2.05) is 60.7 Å². The number of fused-ring (bicyclic) bond motifs is 1. The number of Topliss-reactive ketones (excluding diaryl/α,β-unsaturated/α-hetero) is 1. The number of rotatable bonds is 7. The maximum Gasteiger partial charge on any atom is 0.163 e. The Bertz CT molecular complexity index is 1300. The first-order valence-electron chi connectivity index (χ1n) is 12.4. The van der Waals surface area contributed by atoms with E-state index in [1.165, 1.54) is 0 Å². The van der Waals surface area contributed by atoms with Crippen molar-refractivity contribution < 1.29 is 19.0 Å². The Balaban J connectivity index is 1.58. The SMILES string of the molecule is CCCOc1ccccc1C1Nc2ccccc2NC2=C1C(=O)CC(c1ccc(OC)c(OC)c1)C2. The van der Waals surface area contributed by atoms with Gasteiger partial charge in [-0.05, 0) is 54.7 Å². The van der Waals surface area contributed by atoms with E-state index in [0.717, 1.165) is 45.9 Å². The Hall–Kier alpha value is -3.93. The first-order chi connectivity index (χ1) is 17.6. The second-order valence-corrected chi connectivity index (χ2v) is 9.17. The van der Waals surface area contributed by atoms with Gasteiger partial charge >= 0.3 is 0 Å². The first-order valence-corrected chi connectivity index (χ1v) is 12.4. The van der Waals surface area contributed by atoms with Crippen molar-refractivity contribution in [2.75, 3.05) is 31.5 Å². The Kier molecular flexibility index (Phi) is 6.85. The third kappa shape index (κ3) is 4.51. The lowest BCUT2D eigenvalue weighted by molar-refractivity contribution is -0.116. The molecule has 6 nitrogen and oxygen atoms in total. The van der Waals surface area contributed by atoms with Crippen LogP contribution in [0.15, 0.2) is 78.0 Å². The van der Waals surface area contributed by atoms with E-state index in [1.54, 1.807) is 14.2 Å². The molecule has 3 aromatic carbocycles. The van der Waals surface area contributed by atoms with Gasteiger partial charge in [-0.25, -0.2) is 0 Å². The van der Waals surface area contributed by atoms with Crippen LogP contribution >= 0.6 is 0 Å². The van der Waals surface area contributed by atoms with Crippen molar-refractivity contribution >= 4 is 17.2 Å². The predicted octanol–water partition coefficient (Wildman–Crippen LogP) is 6.47. The summed E-state index contributed by atoms with van der Waals surface area (Å²) in [5.74, 6) is 2.30. The summed E-state index contributed by atoms with van der Waals surface area (Å²) in [5.41, 5.74) is 5.66. The number of carbonyl (C=O) groups excluding carboxylic acids is 1. The molecule has 36 heavy (non-hydrogen) atoms. The summed E-state index contributed by atoms with van der Waals surface area (Å²) in [5, 5.41) is 7.26. The van der Waals surface area contributed by atoms with Gasteiger partial charge in [0.1, 0.15) is 5.75 Å². The van der Waals surface area contributed by atoms with Gasteiger partial charge in [-0.2, -0.15) is 0 Å². The monoisotopic (exact) mass is 484 g/mol. The molecule has 0 saturated heterocycles.